The zero-order valence-electron chi connectivity index (χ0n) is 30.1. The second-order valence-corrected chi connectivity index (χ2v) is 14.0. The summed E-state index contributed by atoms with van der Waals surface area (Å²) in [5.74, 6) is 1.80. The van der Waals surface area contributed by atoms with E-state index < -0.39 is 0 Å². The monoisotopic (exact) mass is 717 g/mol. The van der Waals surface area contributed by atoms with Gasteiger partial charge in [-0.15, -0.1) is 0 Å². The first kappa shape index (κ1) is 31.9. The van der Waals surface area contributed by atoms with E-state index in [0.717, 1.165) is 93.9 Å². The first-order valence-electron chi connectivity index (χ1n) is 18.7. The van der Waals surface area contributed by atoms with Crippen LogP contribution in [0.1, 0.15) is 0 Å². The maximum absolute atomic E-state index is 6.78. The third-order valence-electron chi connectivity index (χ3n) is 10.5. The number of aromatic nitrogens is 3. The van der Waals surface area contributed by atoms with Gasteiger partial charge in [-0.05, 0) is 64.2 Å². The van der Waals surface area contributed by atoms with Crippen LogP contribution in [0.5, 0.6) is 0 Å². The Morgan fingerprint density at radius 3 is 1.55 bits per heavy atom. The molecule has 3 aromatic heterocycles. The lowest BCUT2D eigenvalue weighted by atomic mass is 9.94. The van der Waals surface area contributed by atoms with E-state index in [2.05, 4.69) is 121 Å². The van der Waals surface area contributed by atoms with Gasteiger partial charge in [0.15, 0.2) is 17.5 Å². The van der Waals surface area contributed by atoms with E-state index in [1.807, 2.05) is 66.7 Å². The third-order valence-corrected chi connectivity index (χ3v) is 10.5. The van der Waals surface area contributed by atoms with Crippen molar-refractivity contribution in [2.24, 2.45) is 0 Å². The van der Waals surface area contributed by atoms with Crippen LogP contribution in [0.2, 0.25) is 0 Å². The van der Waals surface area contributed by atoms with Gasteiger partial charge in [0.1, 0.15) is 22.3 Å². The highest BCUT2D eigenvalue weighted by Crippen LogP contribution is 2.42. The average molecular weight is 718 g/mol. The van der Waals surface area contributed by atoms with Crippen molar-refractivity contribution in [3.63, 3.8) is 0 Å². The number of furan rings is 2. The van der Waals surface area contributed by atoms with Gasteiger partial charge in [-0.25, -0.2) is 15.0 Å². The molecule has 0 aliphatic carbocycles. The lowest BCUT2D eigenvalue weighted by molar-refractivity contribution is 0.664. The SMILES string of the molecule is c1ccc(-c2cc(-c3nc(-c4ccccc4)nc(-c4ccccc4-c4ccccc4)n3)cc(-c3cccc4c3oc3cc5c(cc34)oc3ccccc35)c2)cc1. The topological polar surface area (TPSA) is 65.0 Å². The lowest BCUT2D eigenvalue weighted by Crippen LogP contribution is -2.01. The number of hydrogen-bond donors (Lipinski definition) is 0. The van der Waals surface area contributed by atoms with Crippen LogP contribution in [-0.2, 0) is 0 Å². The van der Waals surface area contributed by atoms with Gasteiger partial charge < -0.3 is 8.83 Å². The fourth-order valence-corrected chi connectivity index (χ4v) is 7.84. The molecule has 5 nitrogen and oxygen atoms in total. The molecule has 0 atom stereocenters. The second kappa shape index (κ2) is 13.0. The van der Waals surface area contributed by atoms with E-state index in [9.17, 15) is 0 Å². The molecule has 0 saturated carbocycles. The molecule has 0 radical (unpaired) electrons. The van der Waals surface area contributed by atoms with Gasteiger partial charge in [-0.1, -0.05) is 152 Å². The normalized spacial score (nSPS) is 11.6. The Bertz CT molecular complexity index is 3240. The van der Waals surface area contributed by atoms with Gasteiger partial charge in [-0.2, -0.15) is 0 Å². The van der Waals surface area contributed by atoms with Crippen LogP contribution in [0.4, 0.5) is 0 Å². The molecular weight excluding hydrogens is 687 g/mol. The minimum absolute atomic E-state index is 0.583. The number of fused-ring (bicyclic) bond motifs is 6. The minimum atomic E-state index is 0.583. The van der Waals surface area contributed by atoms with Gasteiger partial charge in [0.25, 0.3) is 0 Å². The fourth-order valence-electron chi connectivity index (χ4n) is 7.84. The summed E-state index contributed by atoms with van der Waals surface area (Å²) in [6.45, 7) is 0. The Kier molecular flexibility index (Phi) is 7.42. The molecule has 0 N–H and O–H groups in total. The maximum Gasteiger partial charge on any atom is 0.164 e. The molecule has 0 aliphatic heterocycles. The highest BCUT2D eigenvalue weighted by atomic mass is 16.3. The molecule has 8 aromatic carbocycles. The Labute approximate surface area is 322 Å². The quantitative estimate of drug-likeness (QED) is 0.171. The Balaban J connectivity index is 1.14. The molecule has 262 valence electrons. The minimum Gasteiger partial charge on any atom is -0.456 e. The smallest absolute Gasteiger partial charge is 0.164 e. The van der Waals surface area contributed by atoms with Crippen LogP contribution in [0.15, 0.2) is 197 Å². The van der Waals surface area contributed by atoms with E-state index in [4.69, 9.17) is 23.8 Å². The molecular formula is C51H31N3O2. The van der Waals surface area contributed by atoms with Crippen molar-refractivity contribution in [2.75, 3.05) is 0 Å². The highest BCUT2D eigenvalue weighted by molar-refractivity contribution is 6.16. The van der Waals surface area contributed by atoms with Crippen molar-refractivity contribution < 1.29 is 8.83 Å². The van der Waals surface area contributed by atoms with Crippen LogP contribution in [0.25, 0.3) is 111 Å². The van der Waals surface area contributed by atoms with Crippen LogP contribution in [0.3, 0.4) is 0 Å². The predicted molar refractivity (Wildman–Crippen MR) is 227 cm³/mol. The predicted octanol–water partition coefficient (Wildman–Crippen LogP) is 13.7. The van der Waals surface area contributed by atoms with Crippen molar-refractivity contribution in [3.8, 4) is 67.5 Å². The zero-order chi connectivity index (χ0) is 37.0. The molecule has 11 rings (SSSR count). The highest BCUT2D eigenvalue weighted by Gasteiger charge is 2.20. The molecule has 0 unspecified atom stereocenters. The summed E-state index contributed by atoms with van der Waals surface area (Å²) in [6, 6.07) is 64.5. The Hall–Kier alpha value is -7.63. The molecule has 0 fully saturated rings. The molecule has 0 bridgehead atoms. The summed E-state index contributed by atoms with van der Waals surface area (Å²) in [7, 11) is 0. The number of rotatable bonds is 6. The van der Waals surface area contributed by atoms with Crippen LogP contribution >= 0.6 is 0 Å². The number of benzene rings is 8. The van der Waals surface area contributed by atoms with E-state index in [1.54, 1.807) is 0 Å². The third kappa shape index (κ3) is 5.45. The van der Waals surface area contributed by atoms with Gasteiger partial charge in [0.05, 0.1) is 0 Å². The van der Waals surface area contributed by atoms with E-state index in [1.165, 1.54) is 0 Å². The van der Waals surface area contributed by atoms with Crippen LogP contribution < -0.4 is 0 Å². The summed E-state index contributed by atoms with van der Waals surface area (Å²) in [5, 5.41) is 4.15. The summed E-state index contributed by atoms with van der Waals surface area (Å²) >= 11 is 0. The standard InChI is InChI=1S/C51H31N3O2/c1-4-15-32(16-5-1)35-27-36(39-24-14-25-41-44-31-46-43(30-47(44)56-48(39)41)40-22-12-13-26-45(40)55-46)29-37(28-35)50-52-49(34-19-8-3-9-20-34)53-51(54-50)42-23-11-10-21-38(42)33-17-6-2-7-18-33/h1-31H. The van der Waals surface area contributed by atoms with Gasteiger partial charge in [-0.3, -0.25) is 0 Å². The summed E-state index contributed by atoms with van der Waals surface area (Å²) in [6.07, 6.45) is 0. The van der Waals surface area contributed by atoms with Crippen molar-refractivity contribution in [2.45, 2.75) is 0 Å². The van der Waals surface area contributed by atoms with Crippen molar-refractivity contribution >= 4 is 43.9 Å². The number of hydrogen-bond acceptors (Lipinski definition) is 5. The Morgan fingerprint density at radius 1 is 0.268 bits per heavy atom. The largest absolute Gasteiger partial charge is 0.456 e. The van der Waals surface area contributed by atoms with Gasteiger partial charge in [0.2, 0.25) is 0 Å². The Morgan fingerprint density at radius 2 is 0.786 bits per heavy atom. The molecule has 0 amide bonds. The molecule has 0 saturated heterocycles. The first-order chi connectivity index (χ1) is 27.7. The number of nitrogens with zero attached hydrogens (tertiary/aromatic N) is 3. The maximum atomic E-state index is 6.78. The molecule has 0 spiro atoms. The van der Waals surface area contributed by atoms with Crippen LogP contribution in [0, 0.1) is 0 Å². The van der Waals surface area contributed by atoms with Gasteiger partial charge in [0, 0.05) is 43.8 Å². The molecule has 0 aliphatic rings. The van der Waals surface area contributed by atoms with Crippen LogP contribution in [-0.4, -0.2) is 15.0 Å². The molecule has 3 heterocycles. The van der Waals surface area contributed by atoms with Crippen molar-refractivity contribution in [1.29, 1.82) is 0 Å². The van der Waals surface area contributed by atoms with E-state index in [0.29, 0.717) is 17.5 Å². The average Bonchev–Trinajstić information content (AvgIpc) is 3.83. The summed E-state index contributed by atoms with van der Waals surface area (Å²) in [4.78, 5) is 15.5. The molecule has 11 aromatic rings. The molecule has 5 heteroatoms. The lowest BCUT2D eigenvalue weighted by Gasteiger charge is -2.14. The number of para-hydroxylation sites is 2. The zero-order valence-corrected chi connectivity index (χ0v) is 30.1. The summed E-state index contributed by atoms with van der Waals surface area (Å²) in [5.41, 5.74) is 12.3. The van der Waals surface area contributed by atoms with Gasteiger partial charge >= 0.3 is 0 Å². The first-order valence-corrected chi connectivity index (χ1v) is 18.7. The summed E-state index contributed by atoms with van der Waals surface area (Å²) < 4.78 is 13.1. The van der Waals surface area contributed by atoms with Crippen molar-refractivity contribution in [1.82, 2.24) is 15.0 Å². The second-order valence-electron chi connectivity index (χ2n) is 14.0. The molecule has 56 heavy (non-hydrogen) atoms. The van der Waals surface area contributed by atoms with E-state index in [-0.39, 0.29) is 0 Å². The van der Waals surface area contributed by atoms with E-state index >= 15 is 0 Å². The van der Waals surface area contributed by atoms with Crippen molar-refractivity contribution in [3.05, 3.63) is 188 Å². The fraction of sp³-hybridized carbons (Fsp3) is 0.